The lowest BCUT2D eigenvalue weighted by atomic mass is 9.95. The molecule has 0 bridgehead atoms. The topological polar surface area (TPSA) is 95.9 Å². The number of halogens is 2. The number of hydrogen-bond donors (Lipinski definition) is 1. The highest BCUT2D eigenvalue weighted by Gasteiger charge is 2.48. The van der Waals surface area contributed by atoms with E-state index < -0.39 is 17.7 Å². The number of carbonyl (C=O) groups excluding carboxylic acids is 2. The standard InChI is InChI=1S/C36H30Cl2N4O4S2/c1-21-6-4-5-7-24(21)19-46-28-16-11-23(12-17-28)32(43)30-31(22-9-14-27(15-10-22)41(2)3)42(34(45)33(30)44)35-39-40-36(48-35)47-20-25-8-13-26(37)18-29(25)38/h4-18,31,43H,19-20H2,1-3H3/b32-30+. The third-order valence-electron chi connectivity index (χ3n) is 7.92. The highest BCUT2D eigenvalue weighted by molar-refractivity contribution is 8.00. The Hall–Kier alpha value is -4.35. The lowest BCUT2D eigenvalue weighted by Crippen LogP contribution is -2.29. The van der Waals surface area contributed by atoms with Gasteiger partial charge in [-0.05, 0) is 77.7 Å². The molecule has 5 aromatic rings. The maximum Gasteiger partial charge on any atom is 0.301 e. The lowest BCUT2D eigenvalue weighted by molar-refractivity contribution is -0.132. The van der Waals surface area contributed by atoms with Crippen molar-refractivity contribution in [3.63, 3.8) is 0 Å². The molecule has 8 nitrogen and oxygen atoms in total. The molecule has 1 unspecified atom stereocenters. The molecule has 1 atom stereocenters. The summed E-state index contributed by atoms with van der Waals surface area (Å²) in [5.41, 5.74) is 4.97. The summed E-state index contributed by atoms with van der Waals surface area (Å²) < 4.78 is 6.55. The van der Waals surface area contributed by atoms with Gasteiger partial charge < -0.3 is 14.7 Å². The fourth-order valence-electron chi connectivity index (χ4n) is 5.23. The van der Waals surface area contributed by atoms with Crippen molar-refractivity contribution in [2.45, 2.75) is 29.7 Å². The summed E-state index contributed by atoms with van der Waals surface area (Å²) in [6.45, 7) is 2.42. The van der Waals surface area contributed by atoms with Crippen molar-refractivity contribution >= 4 is 74.6 Å². The van der Waals surface area contributed by atoms with E-state index in [2.05, 4.69) is 10.2 Å². The van der Waals surface area contributed by atoms with E-state index in [4.69, 9.17) is 27.9 Å². The Kier molecular flexibility index (Phi) is 10.1. The van der Waals surface area contributed by atoms with Crippen LogP contribution in [0.4, 0.5) is 10.8 Å². The second kappa shape index (κ2) is 14.4. The highest BCUT2D eigenvalue weighted by atomic mass is 35.5. The molecule has 4 aromatic carbocycles. The lowest BCUT2D eigenvalue weighted by Gasteiger charge is -2.23. The molecule has 244 valence electrons. The molecular weight excluding hydrogens is 687 g/mol. The van der Waals surface area contributed by atoms with Crippen LogP contribution in [0.25, 0.3) is 5.76 Å². The number of aryl methyl sites for hydroxylation is 1. The SMILES string of the molecule is Cc1ccccc1COc1ccc(/C(O)=C2\C(=O)C(=O)N(c3nnc(SCc4ccc(Cl)cc4Cl)s3)C2c2ccc(N(C)C)cc2)cc1. The predicted molar refractivity (Wildman–Crippen MR) is 193 cm³/mol. The number of Topliss-reactive ketones (excluding diaryl/α,β-unsaturated/α-hetero) is 1. The van der Waals surface area contributed by atoms with Crippen LogP contribution in [0, 0.1) is 6.92 Å². The number of nitrogens with zero attached hydrogens (tertiary/aromatic N) is 4. The number of aliphatic hydroxyl groups excluding tert-OH is 1. The zero-order valence-corrected chi connectivity index (χ0v) is 29.3. The molecule has 12 heteroatoms. The Morgan fingerprint density at radius 2 is 1.69 bits per heavy atom. The smallest absolute Gasteiger partial charge is 0.301 e. The van der Waals surface area contributed by atoms with Crippen molar-refractivity contribution in [3.8, 4) is 5.75 Å². The average Bonchev–Trinajstić information content (AvgIpc) is 3.65. The minimum absolute atomic E-state index is 0.0384. The first-order chi connectivity index (χ1) is 23.1. The van der Waals surface area contributed by atoms with Gasteiger partial charge in [0.25, 0.3) is 5.78 Å². The molecule has 1 saturated heterocycles. The number of hydrogen-bond acceptors (Lipinski definition) is 9. The summed E-state index contributed by atoms with van der Waals surface area (Å²) >= 11 is 15.0. The fraction of sp³-hybridized carbons (Fsp3) is 0.167. The summed E-state index contributed by atoms with van der Waals surface area (Å²) in [5.74, 6) is -0.801. The van der Waals surface area contributed by atoms with E-state index in [-0.39, 0.29) is 16.5 Å². The van der Waals surface area contributed by atoms with Crippen LogP contribution in [0.5, 0.6) is 5.75 Å². The summed E-state index contributed by atoms with van der Waals surface area (Å²) in [6.07, 6.45) is 0. The monoisotopic (exact) mass is 716 g/mol. The molecule has 0 aliphatic carbocycles. The van der Waals surface area contributed by atoms with Gasteiger partial charge in [0.1, 0.15) is 18.1 Å². The molecule has 1 amide bonds. The molecule has 1 fully saturated rings. The van der Waals surface area contributed by atoms with Gasteiger partial charge in [-0.3, -0.25) is 14.5 Å². The van der Waals surface area contributed by atoms with Crippen molar-refractivity contribution in [3.05, 3.63) is 134 Å². The van der Waals surface area contributed by atoms with E-state index in [0.29, 0.717) is 43.6 Å². The summed E-state index contributed by atoms with van der Waals surface area (Å²) in [5, 5.41) is 21.5. The van der Waals surface area contributed by atoms with Gasteiger partial charge >= 0.3 is 5.91 Å². The first-order valence-corrected chi connectivity index (χ1v) is 17.4. The number of aromatic nitrogens is 2. The molecule has 6 rings (SSSR count). The highest BCUT2D eigenvalue weighted by Crippen LogP contribution is 2.44. The van der Waals surface area contributed by atoms with E-state index in [1.807, 2.05) is 80.5 Å². The van der Waals surface area contributed by atoms with Crippen LogP contribution in [0.1, 0.15) is 33.9 Å². The van der Waals surface area contributed by atoms with E-state index >= 15 is 0 Å². The van der Waals surface area contributed by atoms with Crippen molar-refractivity contribution in [2.24, 2.45) is 0 Å². The van der Waals surface area contributed by atoms with Crippen molar-refractivity contribution in [1.29, 1.82) is 0 Å². The Morgan fingerprint density at radius 3 is 2.38 bits per heavy atom. The molecule has 2 heterocycles. The van der Waals surface area contributed by atoms with Gasteiger partial charge in [0.2, 0.25) is 5.13 Å². The molecule has 48 heavy (non-hydrogen) atoms. The number of anilines is 2. The van der Waals surface area contributed by atoms with Crippen LogP contribution >= 0.6 is 46.3 Å². The molecule has 1 N–H and O–H groups in total. The summed E-state index contributed by atoms with van der Waals surface area (Å²) in [4.78, 5) is 30.6. The molecule has 1 aliphatic rings. The van der Waals surface area contributed by atoms with Gasteiger partial charge in [0.15, 0.2) is 4.34 Å². The van der Waals surface area contributed by atoms with Crippen LogP contribution in [-0.2, 0) is 21.9 Å². The minimum Gasteiger partial charge on any atom is -0.507 e. The predicted octanol–water partition coefficient (Wildman–Crippen LogP) is 8.72. The van der Waals surface area contributed by atoms with Crippen LogP contribution < -0.4 is 14.5 Å². The third-order valence-corrected chi connectivity index (χ3v) is 10.6. The van der Waals surface area contributed by atoms with Gasteiger partial charge in [0, 0.05) is 41.1 Å². The second-order valence-electron chi connectivity index (χ2n) is 11.3. The number of rotatable bonds is 10. The van der Waals surface area contributed by atoms with E-state index in [9.17, 15) is 14.7 Å². The normalized spacial score (nSPS) is 15.6. The summed E-state index contributed by atoms with van der Waals surface area (Å²) in [6, 6.07) is 26.6. The molecular formula is C36H30Cl2N4O4S2. The number of carbonyl (C=O) groups is 2. The van der Waals surface area contributed by atoms with E-state index in [1.165, 1.54) is 28.0 Å². The van der Waals surface area contributed by atoms with Crippen LogP contribution in [0.2, 0.25) is 10.0 Å². The summed E-state index contributed by atoms with van der Waals surface area (Å²) in [7, 11) is 3.85. The zero-order valence-electron chi connectivity index (χ0n) is 26.2. The number of ether oxygens (including phenoxy) is 1. The largest absolute Gasteiger partial charge is 0.507 e. The molecule has 0 spiro atoms. The number of amides is 1. The Labute approximate surface area is 296 Å². The van der Waals surface area contributed by atoms with Crippen LogP contribution in [0.15, 0.2) is 101 Å². The van der Waals surface area contributed by atoms with Gasteiger partial charge in [-0.15, -0.1) is 10.2 Å². The molecule has 1 aromatic heterocycles. The van der Waals surface area contributed by atoms with Gasteiger partial charge in [-0.1, -0.05) is 88.8 Å². The van der Waals surface area contributed by atoms with E-state index in [0.717, 1.165) is 22.4 Å². The number of aliphatic hydroxyl groups is 1. The Morgan fingerprint density at radius 1 is 0.958 bits per heavy atom. The average molecular weight is 718 g/mol. The van der Waals surface area contributed by atoms with Crippen molar-refractivity contribution in [2.75, 3.05) is 23.9 Å². The first kappa shape index (κ1) is 33.5. The van der Waals surface area contributed by atoms with Crippen molar-refractivity contribution < 1.29 is 19.4 Å². The minimum atomic E-state index is -0.935. The molecule has 0 radical (unpaired) electrons. The Bertz CT molecular complexity index is 2010. The first-order valence-electron chi connectivity index (χ1n) is 14.9. The fourth-order valence-corrected chi connectivity index (χ4v) is 7.66. The van der Waals surface area contributed by atoms with Gasteiger partial charge in [0.05, 0.1) is 11.6 Å². The van der Waals surface area contributed by atoms with Crippen LogP contribution in [0.3, 0.4) is 0 Å². The van der Waals surface area contributed by atoms with Crippen LogP contribution in [-0.4, -0.2) is 41.1 Å². The maximum atomic E-state index is 13.7. The number of benzene rings is 4. The quantitative estimate of drug-likeness (QED) is 0.0504. The Balaban J connectivity index is 1.31. The molecule has 0 saturated carbocycles. The van der Waals surface area contributed by atoms with Gasteiger partial charge in [-0.2, -0.15) is 0 Å². The maximum absolute atomic E-state index is 13.7. The van der Waals surface area contributed by atoms with E-state index in [1.54, 1.807) is 36.4 Å². The second-order valence-corrected chi connectivity index (χ2v) is 14.3. The number of ketones is 1. The van der Waals surface area contributed by atoms with Crippen molar-refractivity contribution in [1.82, 2.24) is 10.2 Å². The third kappa shape index (κ3) is 7.07. The van der Waals surface area contributed by atoms with Gasteiger partial charge in [-0.25, -0.2) is 0 Å². The number of thioether (sulfide) groups is 1. The molecule has 1 aliphatic heterocycles. The zero-order chi connectivity index (χ0) is 33.9.